The minimum Gasteiger partial charge on any atom is -0.390 e. The number of carbonyl (C=O) groups is 1. The van der Waals surface area contributed by atoms with Crippen LogP contribution in [-0.2, 0) is 0 Å². The predicted molar refractivity (Wildman–Crippen MR) is 123 cm³/mol. The van der Waals surface area contributed by atoms with Crippen molar-refractivity contribution in [3.05, 3.63) is 46.2 Å². The molecule has 7 nitrogen and oxygen atoms in total. The number of pyridine rings is 1. The second kappa shape index (κ2) is 9.10. The minimum atomic E-state index is -0.383. The lowest BCUT2D eigenvalue weighted by atomic mass is 9.96. The number of para-hydroxylation sites is 1. The monoisotopic (exact) mass is 426 g/mol. The van der Waals surface area contributed by atoms with Gasteiger partial charge in [-0.2, -0.15) is 0 Å². The van der Waals surface area contributed by atoms with Crippen LogP contribution in [0.1, 0.15) is 55.9 Å². The molecule has 0 saturated carbocycles. The lowest BCUT2D eigenvalue weighted by Crippen LogP contribution is -2.53. The molecule has 4 rings (SSSR count). The molecule has 2 saturated heterocycles. The molecule has 3 heterocycles. The third-order valence-electron chi connectivity index (χ3n) is 6.79. The van der Waals surface area contributed by atoms with E-state index in [1.807, 2.05) is 45.2 Å². The van der Waals surface area contributed by atoms with Crippen molar-refractivity contribution >= 4 is 16.8 Å². The Labute approximate surface area is 183 Å². The van der Waals surface area contributed by atoms with Gasteiger partial charge in [0.1, 0.15) is 5.56 Å². The maximum absolute atomic E-state index is 13.1. The zero-order valence-electron chi connectivity index (χ0n) is 18.7. The van der Waals surface area contributed by atoms with Crippen molar-refractivity contribution in [2.45, 2.75) is 69.8 Å². The first-order valence-electron chi connectivity index (χ1n) is 11.4. The summed E-state index contributed by atoms with van der Waals surface area (Å²) in [5.41, 5.74) is 0.832. The van der Waals surface area contributed by atoms with E-state index in [0.717, 1.165) is 36.6 Å². The summed E-state index contributed by atoms with van der Waals surface area (Å²) in [5.74, 6) is -0.279. The lowest BCUT2D eigenvalue weighted by Gasteiger charge is -2.40. The van der Waals surface area contributed by atoms with Crippen LogP contribution >= 0.6 is 0 Å². The average molecular weight is 427 g/mol. The maximum Gasteiger partial charge on any atom is 0.264 e. The smallest absolute Gasteiger partial charge is 0.264 e. The number of carbonyl (C=O) groups excluding carboxylic acids is 1. The number of likely N-dealkylation sites (N-methyl/N-ethyl adjacent to an activating group) is 1. The first-order valence-corrected chi connectivity index (χ1v) is 11.4. The standard InChI is InChI=1S/C24H34N4O3/c1-15(2)28-22-7-5-4-6-16(22)10-21(24(28)31)23(30)26-17-11-18-8-9-19(12-17)27(18)14-20(29)13-25-3/h4-7,10,15,17-20,25,29H,8-9,11-14H2,1-3H3,(H,26,30)/t17?,18-,19+,20-/m1/s1. The third kappa shape index (κ3) is 4.40. The van der Waals surface area contributed by atoms with Gasteiger partial charge in [0.05, 0.1) is 11.6 Å². The van der Waals surface area contributed by atoms with Crippen molar-refractivity contribution in [1.82, 2.24) is 20.1 Å². The minimum absolute atomic E-state index is 0.0340. The van der Waals surface area contributed by atoms with Gasteiger partial charge in [-0.3, -0.25) is 14.5 Å². The second-order valence-electron chi connectivity index (χ2n) is 9.32. The molecule has 0 aliphatic carbocycles. The molecule has 2 fully saturated rings. The fourth-order valence-corrected chi connectivity index (χ4v) is 5.46. The molecule has 31 heavy (non-hydrogen) atoms. The molecule has 1 unspecified atom stereocenters. The van der Waals surface area contributed by atoms with Crippen LogP contribution in [0.3, 0.4) is 0 Å². The van der Waals surface area contributed by atoms with E-state index < -0.39 is 0 Å². The number of amides is 1. The van der Waals surface area contributed by atoms with Crippen LogP contribution in [0.15, 0.2) is 35.1 Å². The number of rotatable bonds is 7. The van der Waals surface area contributed by atoms with Crippen molar-refractivity contribution in [2.24, 2.45) is 0 Å². The first kappa shape index (κ1) is 22.0. The molecule has 4 atom stereocenters. The number of aliphatic hydroxyl groups excluding tert-OH is 1. The molecule has 2 aliphatic rings. The first-order chi connectivity index (χ1) is 14.9. The fraction of sp³-hybridized carbons (Fsp3) is 0.583. The van der Waals surface area contributed by atoms with Gasteiger partial charge in [0.2, 0.25) is 0 Å². The third-order valence-corrected chi connectivity index (χ3v) is 6.79. The number of aromatic nitrogens is 1. The highest BCUT2D eigenvalue weighted by Crippen LogP contribution is 2.35. The molecule has 1 aromatic heterocycles. The molecular formula is C24H34N4O3. The van der Waals surface area contributed by atoms with Gasteiger partial charge < -0.3 is 20.3 Å². The summed E-state index contributed by atoms with van der Waals surface area (Å²) in [6, 6.07) is 10.2. The van der Waals surface area contributed by atoms with Crippen LogP contribution in [0, 0.1) is 0 Å². The molecule has 0 radical (unpaired) electrons. The van der Waals surface area contributed by atoms with Crippen molar-refractivity contribution in [2.75, 3.05) is 20.1 Å². The highest BCUT2D eigenvalue weighted by atomic mass is 16.3. The maximum atomic E-state index is 13.1. The molecule has 2 aliphatic heterocycles. The zero-order valence-corrected chi connectivity index (χ0v) is 18.7. The number of nitrogens with one attached hydrogen (secondary N) is 2. The average Bonchev–Trinajstić information content (AvgIpc) is 2.95. The molecule has 3 N–H and O–H groups in total. The van der Waals surface area contributed by atoms with E-state index in [2.05, 4.69) is 15.5 Å². The summed E-state index contributed by atoms with van der Waals surface area (Å²) in [5, 5.41) is 17.3. The van der Waals surface area contributed by atoms with Gasteiger partial charge in [-0.15, -0.1) is 0 Å². The summed E-state index contributed by atoms with van der Waals surface area (Å²) in [4.78, 5) is 28.7. The Hall–Kier alpha value is -2.22. The number of aliphatic hydroxyl groups is 1. The zero-order chi connectivity index (χ0) is 22.1. The summed E-state index contributed by atoms with van der Waals surface area (Å²) >= 11 is 0. The molecule has 1 aromatic carbocycles. The van der Waals surface area contributed by atoms with Crippen molar-refractivity contribution in [3.63, 3.8) is 0 Å². The van der Waals surface area contributed by atoms with Crippen LogP contribution in [-0.4, -0.2) is 64.8 Å². The number of hydrogen-bond donors (Lipinski definition) is 3. The second-order valence-corrected chi connectivity index (χ2v) is 9.32. The summed E-state index contributed by atoms with van der Waals surface area (Å²) in [6.45, 7) is 5.18. The normalized spacial score (nSPS) is 24.6. The van der Waals surface area contributed by atoms with E-state index in [4.69, 9.17) is 0 Å². The molecule has 1 amide bonds. The fourth-order valence-electron chi connectivity index (χ4n) is 5.46. The van der Waals surface area contributed by atoms with Crippen LogP contribution in [0.2, 0.25) is 0 Å². The quantitative estimate of drug-likeness (QED) is 0.630. The number of piperidine rings is 1. The molecule has 7 heteroatoms. The van der Waals surface area contributed by atoms with Gasteiger partial charge in [-0.05, 0) is 64.1 Å². The summed E-state index contributed by atoms with van der Waals surface area (Å²) in [7, 11) is 1.85. The van der Waals surface area contributed by atoms with E-state index >= 15 is 0 Å². The Kier molecular flexibility index (Phi) is 6.46. The largest absolute Gasteiger partial charge is 0.390 e. The van der Waals surface area contributed by atoms with E-state index in [1.165, 1.54) is 0 Å². The Morgan fingerprint density at radius 1 is 1.19 bits per heavy atom. The molecule has 0 spiro atoms. The van der Waals surface area contributed by atoms with E-state index in [9.17, 15) is 14.7 Å². The van der Waals surface area contributed by atoms with Gasteiger partial charge in [0.25, 0.3) is 11.5 Å². The van der Waals surface area contributed by atoms with Crippen molar-refractivity contribution in [1.29, 1.82) is 0 Å². The highest BCUT2D eigenvalue weighted by Gasteiger charge is 2.41. The number of hydrogen-bond acceptors (Lipinski definition) is 5. The lowest BCUT2D eigenvalue weighted by molar-refractivity contribution is 0.0511. The summed E-state index contributed by atoms with van der Waals surface area (Å²) < 4.78 is 1.71. The number of fused-ring (bicyclic) bond motifs is 3. The van der Waals surface area contributed by atoms with Crippen molar-refractivity contribution in [3.8, 4) is 0 Å². The van der Waals surface area contributed by atoms with Gasteiger partial charge >= 0.3 is 0 Å². The number of benzene rings is 1. The predicted octanol–water partition coefficient (Wildman–Crippen LogP) is 1.89. The van der Waals surface area contributed by atoms with Gasteiger partial charge in [0.15, 0.2) is 0 Å². The Bertz CT molecular complexity index is 988. The van der Waals surface area contributed by atoms with Gasteiger partial charge in [-0.25, -0.2) is 0 Å². The molecule has 168 valence electrons. The Balaban J connectivity index is 1.51. The van der Waals surface area contributed by atoms with Crippen molar-refractivity contribution < 1.29 is 9.90 Å². The van der Waals surface area contributed by atoms with Crippen LogP contribution in [0.25, 0.3) is 10.9 Å². The molecule has 2 aromatic rings. The van der Waals surface area contributed by atoms with Crippen LogP contribution in [0.4, 0.5) is 0 Å². The van der Waals surface area contributed by atoms with E-state index in [1.54, 1.807) is 10.6 Å². The SMILES string of the molecule is CNC[C@@H](O)CN1[C@@H]2CC[C@H]1CC(NC(=O)c1cc3ccccc3n(C(C)C)c1=O)C2. The Morgan fingerprint density at radius 3 is 2.52 bits per heavy atom. The number of nitrogens with zero attached hydrogens (tertiary/aromatic N) is 2. The van der Waals surface area contributed by atoms with Crippen LogP contribution < -0.4 is 16.2 Å². The topological polar surface area (TPSA) is 86.6 Å². The molecular weight excluding hydrogens is 392 g/mol. The van der Waals surface area contributed by atoms with E-state index in [-0.39, 0.29) is 35.2 Å². The van der Waals surface area contributed by atoms with Gasteiger partial charge in [-0.1, -0.05) is 18.2 Å². The molecule has 2 bridgehead atoms. The van der Waals surface area contributed by atoms with Gasteiger partial charge in [0, 0.05) is 37.3 Å². The summed E-state index contributed by atoms with van der Waals surface area (Å²) in [6.07, 6.45) is 3.53. The Morgan fingerprint density at radius 2 is 1.87 bits per heavy atom. The van der Waals surface area contributed by atoms with E-state index in [0.29, 0.717) is 25.2 Å². The van der Waals surface area contributed by atoms with Crippen LogP contribution in [0.5, 0.6) is 0 Å². The highest BCUT2D eigenvalue weighted by molar-refractivity contribution is 5.97.